The molecule has 1 amide bonds. The van der Waals surface area contributed by atoms with Gasteiger partial charge in [-0.25, -0.2) is 4.98 Å². The quantitative estimate of drug-likeness (QED) is 0.586. The molecule has 1 unspecified atom stereocenters. The molecule has 1 saturated heterocycles. The first kappa shape index (κ1) is 19.8. The Balaban J connectivity index is 1.31. The third-order valence-electron chi connectivity index (χ3n) is 5.00. The number of piperidine rings is 1. The average Bonchev–Trinajstić information content (AvgIpc) is 3.27. The Hall–Kier alpha value is -3.49. The van der Waals surface area contributed by atoms with Crippen LogP contribution in [0.5, 0.6) is 11.5 Å². The van der Waals surface area contributed by atoms with Crippen LogP contribution in [0.2, 0.25) is 0 Å². The van der Waals surface area contributed by atoms with Crippen molar-refractivity contribution in [3.63, 3.8) is 0 Å². The maximum absolute atomic E-state index is 12.6. The second kappa shape index (κ2) is 9.34. The summed E-state index contributed by atoms with van der Waals surface area (Å²) in [7, 11) is 1.59. The molecule has 0 bridgehead atoms. The van der Waals surface area contributed by atoms with E-state index in [1.807, 2.05) is 17.0 Å². The topological polar surface area (TPSA) is 103 Å². The van der Waals surface area contributed by atoms with Crippen molar-refractivity contribution in [3.05, 3.63) is 48.7 Å². The van der Waals surface area contributed by atoms with E-state index in [0.29, 0.717) is 41.9 Å². The van der Waals surface area contributed by atoms with E-state index in [1.165, 1.54) is 0 Å². The van der Waals surface area contributed by atoms with Crippen LogP contribution in [0, 0.1) is 5.92 Å². The fourth-order valence-corrected chi connectivity index (χ4v) is 3.49. The number of likely N-dealkylation sites (tertiary alicyclic amines) is 1. The second-order valence-electron chi connectivity index (χ2n) is 7.12. The van der Waals surface area contributed by atoms with E-state index >= 15 is 0 Å². The highest BCUT2D eigenvalue weighted by Crippen LogP contribution is 2.22. The highest BCUT2D eigenvalue weighted by molar-refractivity contribution is 5.77. The Bertz CT molecular complexity index is 978. The van der Waals surface area contributed by atoms with Crippen LogP contribution in [0.4, 0.5) is 0 Å². The lowest BCUT2D eigenvalue weighted by atomic mass is 9.95. The summed E-state index contributed by atoms with van der Waals surface area (Å²) in [5.74, 6) is 2.50. The van der Waals surface area contributed by atoms with Gasteiger partial charge in [0.25, 0.3) is 5.91 Å². The van der Waals surface area contributed by atoms with E-state index in [-0.39, 0.29) is 18.4 Å². The van der Waals surface area contributed by atoms with Gasteiger partial charge in [0.15, 0.2) is 6.61 Å². The van der Waals surface area contributed by atoms with E-state index in [9.17, 15) is 4.79 Å². The Labute approximate surface area is 174 Å². The minimum atomic E-state index is -0.0340. The Kier molecular flexibility index (Phi) is 6.17. The van der Waals surface area contributed by atoms with Crippen molar-refractivity contribution in [2.45, 2.75) is 19.3 Å². The smallest absolute Gasteiger partial charge is 0.260 e. The van der Waals surface area contributed by atoms with Gasteiger partial charge in [0.1, 0.15) is 17.2 Å². The number of carbonyl (C=O) groups excluding carboxylic acids is 1. The Morgan fingerprint density at radius 3 is 3.03 bits per heavy atom. The number of rotatable bonds is 7. The molecule has 1 fully saturated rings. The van der Waals surface area contributed by atoms with Crippen LogP contribution in [0.15, 0.2) is 47.4 Å². The number of carbonyl (C=O) groups is 1. The Morgan fingerprint density at radius 2 is 2.20 bits per heavy atom. The van der Waals surface area contributed by atoms with Crippen molar-refractivity contribution < 1.29 is 18.8 Å². The monoisotopic (exact) mass is 409 g/mol. The van der Waals surface area contributed by atoms with Gasteiger partial charge in [-0.05, 0) is 30.9 Å². The minimum absolute atomic E-state index is 0.00271. The van der Waals surface area contributed by atoms with Crippen LogP contribution in [0.25, 0.3) is 11.5 Å². The van der Waals surface area contributed by atoms with E-state index in [0.717, 1.165) is 19.4 Å². The number of amides is 1. The molecule has 3 heterocycles. The number of nitrogens with zero attached hydrogens (tertiary/aromatic N) is 5. The molecule has 4 rings (SSSR count). The molecule has 0 N–H and O–H groups in total. The first-order valence-corrected chi connectivity index (χ1v) is 9.85. The van der Waals surface area contributed by atoms with Crippen LogP contribution in [0.1, 0.15) is 18.7 Å². The number of hydrogen-bond donors (Lipinski definition) is 0. The van der Waals surface area contributed by atoms with Crippen molar-refractivity contribution in [1.29, 1.82) is 0 Å². The van der Waals surface area contributed by atoms with Crippen LogP contribution in [-0.2, 0) is 11.2 Å². The molecular formula is C21H23N5O4. The molecule has 3 aromatic rings. The van der Waals surface area contributed by atoms with Crippen LogP contribution >= 0.6 is 0 Å². The maximum atomic E-state index is 12.6. The summed E-state index contributed by atoms with van der Waals surface area (Å²) in [4.78, 5) is 27.1. The molecule has 9 heteroatoms. The van der Waals surface area contributed by atoms with Crippen LogP contribution < -0.4 is 9.47 Å². The predicted molar refractivity (Wildman–Crippen MR) is 107 cm³/mol. The zero-order chi connectivity index (χ0) is 20.8. The number of aromatic nitrogens is 4. The highest BCUT2D eigenvalue weighted by atomic mass is 16.5. The third kappa shape index (κ3) is 4.91. The SMILES string of the molecule is COc1cccc(OCC(=O)N2CCCC(Cc3nc(-c4cnccn4)no3)C2)c1. The molecule has 2 aromatic heterocycles. The second-order valence-corrected chi connectivity index (χ2v) is 7.12. The van der Waals surface area contributed by atoms with Gasteiger partial charge in [0.2, 0.25) is 11.7 Å². The largest absolute Gasteiger partial charge is 0.497 e. The van der Waals surface area contributed by atoms with E-state index < -0.39 is 0 Å². The highest BCUT2D eigenvalue weighted by Gasteiger charge is 2.26. The molecule has 9 nitrogen and oxygen atoms in total. The Morgan fingerprint density at radius 1 is 1.30 bits per heavy atom. The molecule has 1 aromatic carbocycles. The van der Waals surface area contributed by atoms with Gasteiger partial charge in [0.05, 0.1) is 13.3 Å². The fourth-order valence-electron chi connectivity index (χ4n) is 3.49. The number of benzene rings is 1. The normalized spacial score (nSPS) is 16.3. The molecule has 0 spiro atoms. The molecule has 1 atom stereocenters. The first-order valence-electron chi connectivity index (χ1n) is 9.85. The zero-order valence-corrected chi connectivity index (χ0v) is 16.7. The summed E-state index contributed by atoms with van der Waals surface area (Å²) >= 11 is 0. The van der Waals surface area contributed by atoms with Crippen molar-refractivity contribution >= 4 is 5.91 Å². The van der Waals surface area contributed by atoms with Crippen molar-refractivity contribution in [3.8, 4) is 23.0 Å². The number of ether oxygens (including phenoxy) is 2. The molecule has 1 aliphatic rings. The average molecular weight is 409 g/mol. The fraction of sp³-hybridized carbons (Fsp3) is 0.381. The first-order chi connectivity index (χ1) is 14.7. The zero-order valence-electron chi connectivity index (χ0n) is 16.7. The van der Waals surface area contributed by atoms with Crippen molar-refractivity contribution in [2.75, 3.05) is 26.8 Å². The summed E-state index contributed by atoms with van der Waals surface area (Å²) in [5, 5.41) is 3.98. The molecule has 156 valence electrons. The summed E-state index contributed by atoms with van der Waals surface area (Å²) < 4.78 is 16.2. The third-order valence-corrected chi connectivity index (χ3v) is 5.00. The molecular weight excluding hydrogens is 386 g/mol. The van der Waals surface area contributed by atoms with Crippen molar-refractivity contribution in [1.82, 2.24) is 25.0 Å². The number of hydrogen-bond acceptors (Lipinski definition) is 8. The summed E-state index contributed by atoms with van der Waals surface area (Å²) in [6.07, 6.45) is 7.33. The summed E-state index contributed by atoms with van der Waals surface area (Å²) in [6, 6.07) is 7.22. The summed E-state index contributed by atoms with van der Waals surface area (Å²) in [5.41, 5.74) is 0.572. The lowest BCUT2D eigenvalue weighted by Gasteiger charge is -2.32. The van der Waals surface area contributed by atoms with Gasteiger partial charge in [0, 0.05) is 38.0 Å². The standard InChI is InChI=1S/C21H23N5O4/c1-28-16-5-2-6-17(11-16)29-14-20(27)26-9-3-4-15(13-26)10-19-24-21(25-30-19)18-12-22-7-8-23-18/h2,5-8,11-12,15H,3-4,9-10,13-14H2,1H3. The lowest BCUT2D eigenvalue weighted by molar-refractivity contribution is -0.135. The van der Waals surface area contributed by atoms with Gasteiger partial charge >= 0.3 is 0 Å². The molecule has 1 aliphatic heterocycles. The molecule has 0 radical (unpaired) electrons. The van der Waals surface area contributed by atoms with E-state index in [2.05, 4.69) is 20.1 Å². The lowest BCUT2D eigenvalue weighted by Crippen LogP contribution is -2.42. The molecule has 0 saturated carbocycles. The van der Waals surface area contributed by atoms with Gasteiger partial charge in [-0.1, -0.05) is 11.2 Å². The van der Waals surface area contributed by atoms with E-state index in [4.69, 9.17) is 14.0 Å². The predicted octanol–water partition coefficient (Wildman–Crippen LogP) is 2.40. The van der Waals surface area contributed by atoms with Gasteiger partial charge < -0.3 is 18.9 Å². The molecule has 0 aliphatic carbocycles. The maximum Gasteiger partial charge on any atom is 0.260 e. The van der Waals surface area contributed by atoms with Crippen molar-refractivity contribution in [2.24, 2.45) is 5.92 Å². The van der Waals surface area contributed by atoms with Gasteiger partial charge in [-0.3, -0.25) is 9.78 Å². The van der Waals surface area contributed by atoms with Gasteiger partial charge in [-0.15, -0.1) is 0 Å². The number of methoxy groups -OCH3 is 1. The van der Waals surface area contributed by atoms with Crippen LogP contribution in [0.3, 0.4) is 0 Å². The molecule has 30 heavy (non-hydrogen) atoms. The van der Waals surface area contributed by atoms with E-state index in [1.54, 1.807) is 37.8 Å². The summed E-state index contributed by atoms with van der Waals surface area (Å²) in [6.45, 7) is 1.37. The van der Waals surface area contributed by atoms with Gasteiger partial charge in [-0.2, -0.15) is 4.98 Å². The van der Waals surface area contributed by atoms with Crippen LogP contribution in [-0.4, -0.2) is 57.7 Å². The minimum Gasteiger partial charge on any atom is -0.497 e.